The monoisotopic (exact) mass is 362 g/mol. The Balaban J connectivity index is 1.89. The average molecular weight is 362 g/mol. The maximum atomic E-state index is 12.8. The molecule has 1 aliphatic carbocycles. The van der Waals surface area contributed by atoms with Gasteiger partial charge >= 0.3 is 5.97 Å². The normalized spacial score (nSPS) is 41.0. The van der Waals surface area contributed by atoms with Crippen LogP contribution < -0.4 is 0 Å². The molecule has 0 bridgehead atoms. The predicted molar refractivity (Wildman–Crippen MR) is 94.3 cm³/mol. The summed E-state index contributed by atoms with van der Waals surface area (Å²) in [6.45, 7) is 9.32. The Hall–Kier alpha value is -1.76. The fourth-order valence-electron chi connectivity index (χ4n) is 3.71. The number of epoxide rings is 1. The van der Waals surface area contributed by atoms with Crippen LogP contribution in [0.1, 0.15) is 46.5 Å². The number of ether oxygens (including phenoxy) is 2. The van der Waals surface area contributed by atoms with E-state index in [0.717, 1.165) is 0 Å². The molecular weight excluding hydrogens is 336 g/mol. The van der Waals surface area contributed by atoms with Gasteiger partial charge in [-0.05, 0) is 52.0 Å². The van der Waals surface area contributed by atoms with Gasteiger partial charge in [0.05, 0.1) is 11.7 Å². The molecule has 5 unspecified atom stereocenters. The van der Waals surface area contributed by atoms with Crippen LogP contribution >= 0.6 is 0 Å². The van der Waals surface area contributed by atoms with E-state index in [1.807, 2.05) is 19.1 Å². The van der Waals surface area contributed by atoms with Gasteiger partial charge in [0.1, 0.15) is 5.60 Å². The van der Waals surface area contributed by atoms with E-state index in [9.17, 15) is 14.8 Å². The topological polar surface area (TPSA) is 85.4 Å². The Labute approximate surface area is 153 Å². The van der Waals surface area contributed by atoms with Crippen LogP contribution in [0.25, 0.3) is 0 Å². The first-order valence-corrected chi connectivity index (χ1v) is 8.98. The summed E-state index contributed by atoms with van der Waals surface area (Å²) in [7, 11) is 0. The van der Waals surface area contributed by atoms with Crippen molar-refractivity contribution in [2.75, 3.05) is 0 Å². The van der Waals surface area contributed by atoms with E-state index in [4.69, 9.17) is 9.47 Å². The predicted octanol–water partition coefficient (Wildman–Crippen LogP) is 3.14. The molecule has 26 heavy (non-hydrogen) atoms. The Morgan fingerprint density at radius 1 is 1.35 bits per heavy atom. The van der Waals surface area contributed by atoms with Gasteiger partial charge in [0.15, 0.2) is 11.9 Å². The number of Topliss-reactive ketones (excluding diaryl/α,β-unsaturated/α-hetero) is 1. The van der Waals surface area contributed by atoms with Gasteiger partial charge in [0.25, 0.3) is 0 Å². The van der Waals surface area contributed by atoms with Crippen LogP contribution in [0.2, 0.25) is 0 Å². The van der Waals surface area contributed by atoms with Crippen molar-refractivity contribution in [2.24, 2.45) is 5.92 Å². The van der Waals surface area contributed by atoms with Crippen molar-refractivity contribution in [3.63, 3.8) is 0 Å². The number of fused-ring (bicyclic) bond motifs is 2. The standard InChI is InChI=1S/C20H26O6/c1-12-7-5-8-19(3,26-23)9-6-10-20(4)15(25-20)11-14-13(2)18(22)24-17(14)16(12)21/h6-7,9,14-15,17,23H,2,5,8,10-11H2,1,3-4H3. The van der Waals surface area contributed by atoms with Crippen LogP contribution in [-0.4, -0.2) is 40.4 Å². The molecule has 0 saturated carbocycles. The number of ketones is 1. The highest BCUT2D eigenvalue weighted by Gasteiger charge is 2.55. The SMILES string of the molecule is C=C1C(=O)OC2C(=O)C(C)=CCCC(C)(OO)C=CCC3(C)OC3CC12. The molecule has 5 atom stereocenters. The quantitative estimate of drug-likeness (QED) is 0.193. The number of carbonyl (C=O) groups is 2. The highest BCUT2D eigenvalue weighted by molar-refractivity contribution is 6.04. The molecule has 3 rings (SSSR count). The van der Waals surface area contributed by atoms with Gasteiger partial charge in [-0.3, -0.25) is 10.1 Å². The lowest BCUT2D eigenvalue weighted by Gasteiger charge is -2.22. The molecule has 2 aliphatic heterocycles. The second-order valence-corrected chi connectivity index (χ2v) is 7.91. The van der Waals surface area contributed by atoms with Crippen molar-refractivity contribution in [1.29, 1.82) is 0 Å². The van der Waals surface area contributed by atoms with Crippen LogP contribution in [0, 0.1) is 5.92 Å². The molecule has 3 aliphatic rings. The van der Waals surface area contributed by atoms with Crippen molar-refractivity contribution in [1.82, 2.24) is 0 Å². The van der Waals surface area contributed by atoms with Gasteiger partial charge in [-0.15, -0.1) is 0 Å². The third-order valence-electron chi connectivity index (χ3n) is 5.75. The summed E-state index contributed by atoms with van der Waals surface area (Å²) < 4.78 is 11.2. The fraction of sp³-hybridized carbons (Fsp3) is 0.600. The molecule has 0 aromatic heterocycles. The van der Waals surface area contributed by atoms with Gasteiger partial charge < -0.3 is 9.47 Å². The van der Waals surface area contributed by atoms with Gasteiger partial charge in [0, 0.05) is 11.5 Å². The molecule has 2 heterocycles. The summed E-state index contributed by atoms with van der Waals surface area (Å²) in [6.07, 6.45) is 6.89. The molecule has 6 heteroatoms. The van der Waals surface area contributed by atoms with Gasteiger partial charge in [-0.25, -0.2) is 9.68 Å². The number of hydrogen-bond acceptors (Lipinski definition) is 6. The van der Waals surface area contributed by atoms with Crippen LogP contribution in [0.3, 0.4) is 0 Å². The van der Waals surface area contributed by atoms with E-state index in [0.29, 0.717) is 36.8 Å². The largest absolute Gasteiger partial charge is 0.450 e. The smallest absolute Gasteiger partial charge is 0.334 e. The lowest BCUT2D eigenvalue weighted by molar-refractivity contribution is -0.303. The minimum atomic E-state index is -0.835. The summed E-state index contributed by atoms with van der Waals surface area (Å²) in [5.74, 6) is -1.07. The Morgan fingerprint density at radius 2 is 2.08 bits per heavy atom. The molecule has 0 aromatic carbocycles. The molecule has 0 amide bonds. The van der Waals surface area contributed by atoms with Crippen molar-refractivity contribution >= 4 is 11.8 Å². The number of esters is 1. The Morgan fingerprint density at radius 3 is 2.77 bits per heavy atom. The number of carbonyl (C=O) groups excluding carboxylic acids is 2. The third kappa shape index (κ3) is 3.54. The lowest BCUT2D eigenvalue weighted by Crippen LogP contribution is -2.30. The maximum absolute atomic E-state index is 12.8. The molecule has 0 radical (unpaired) electrons. The van der Waals surface area contributed by atoms with E-state index in [1.54, 1.807) is 19.9 Å². The fourth-order valence-corrected chi connectivity index (χ4v) is 3.71. The maximum Gasteiger partial charge on any atom is 0.334 e. The van der Waals surface area contributed by atoms with Crippen LogP contribution in [0.15, 0.2) is 36.0 Å². The molecule has 0 spiro atoms. The average Bonchev–Trinajstić information content (AvgIpc) is 3.15. The zero-order chi connectivity index (χ0) is 19.1. The zero-order valence-corrected chi connectivity index (χ0v) is 15.5. The Bertz CT molecular complexity index is 692. The molecular formula is C20H26O6. The molecule has 2 saturated heterocycles. The number of hydrogen-bond donors (Lipinski definition) is 1. The Kier molecular flexibility index (Phi) is 4.94. The van der Waals surface area contributed by atoms with Gasteiger partial charge in [-0.2, -0.15) is 0 Å². The van der Waals surface area contributed by atoms with E-state index in [1.165, 1.54) is 0 Å². The van der Waals surface area contributed by atoms with E-state index >= 15 is 0 Å². The zero-order valence-electron chi connectivity index (χ0n) is 15.5. The molecule has 2 fully saturated rings. The van der Waals surface area contributed by atoms with E-state index in [2.05, 4.69) is 11.5 Å². The van der Waals surface area contributed by atoms with Crippen molar-refractivity contribution in [3.05, 3.63) is 36.0 Å². The number of allylic oxidation sites excluding steroid dienone is 1. The highest BCUT2D eigenvalue weighted by Crippen LogP contribution is 2.46. The van der Waals surface area contributed by atoms with Crippen LogP contribution in [0.4, 0.5) is 0 Å². The van der Waals surface area contributed by atoms with Crippen LogP contribution in [0.5, 0.6) is 0 Å². The minimum Gasteiger partial charge on any atom is -0.450 e. The van der Waals surface area contributed by atoms with Crippen molar-refractivity contribution in [3.8, 4) is 0 Å². The van der Waals surface area contributed by atoms with E-state index in [-0.39, 0.29) is 23.4 Å². The molecule has 1 N–H and O–H groups in total. The van der Waals surface area contributed by atoms with Crippen molar-refractivity contribution in [2.45, 2.75) is 69.9 Å². The molecule has 6 nitrogen and oxygen atoms in total. The third-order valence-corrected chi connectivity index (χ3v) is 5.75. The van der Waals surface area contributed by atoms with Crippen LogP contribution in [-0.2, 0) is 24.0 Å². The van der Waals surface area contributed by atoms with Crippen molar-refractivity contribution < 1.29 is 29.2 Å². The number of rotatable bonds is 1. The first-order valence-electron chi connectivity index (χ1n) is 8.98. The van der Waals surface area contributed by atoms with Gasteiger partial charge in [-0.1, -0.05) is 24.8 Å². The van der Waals surface area contributed by atoms with E-state index < -0.39 is 17.7 Å². The molecule has 0 aromatic rings. The second kappa shape index (κ2) is 6.76. The lowest BCUT2D eigenvalue weighted by atomic mass is 9.84. The first-order chi connectivity index (χ1) is 12.2. The summed E-state index contributed by atoms with van der Waals surface area (Å²) in [6, 6.07) is 0. The molecule has 142 valence electrons. The highest BCUT2D eigenvalue weighted by atomic mass is 17.1. The summed E-state index contributed by atoms with van der Waals surface area (Å²) >= 11 is 0. The van der Waals surface area contributed by atoms with Gasteiger partial charge in [0.2, 0.25) is 0 Å². The summed E-state index contributed by atoms with van der Waals surface area (Å²) in [4.78, 5) is 29.4. The summed E-state index contributed by atoms with van der Waals surface area (Å²) in [5, 5.41) is 9.26. The first kappa shape index (κ1) is 19.0. The summed E-state index contributed by atoms with van der Waals surface area (Å²) in [5.41, 5.74) is -0.316. The minimum absolute atomic E-state index is 0.0766. The second-order valence-electron chi connectivity index (χ2n) is 7.91.